The summed E-state index contributed by atoms with van der Waals surface area (Å²) in [6.07, 6.45) is 4.19. The minimum Gasteiger partial charge on any atom is -0.329 e. The molecule has 1 aliphatic heterocycles. The van der Waals surface area contributed by atoms with Crippen LogP contribution in [0.4, 0.5) is 0 Å². The van der Waals surface area contributed by atoms with Crippen LogP contribution < -0.4 is 5.73 Å². The predicted octanol–water partition coefficient (Wildman–Crippen LogP) is 3.32. The topological polar surface area (TPSA) is 29.3 Å². The molecule has 2 aromatic carbocycles. The first kappa shape index (κ1) is 12.4. The SMILES string of the molecule is NCC(c1ccc2ccccc2c1)N1CC2CCC1C2. The molecule has 1 saturated heterocycles. The Labute approximate surface area is 120 Å². The van der Waals surface area contributed by atoms with Gasteiger partial charge in [-0.2, -0.15) is 0 Å². The summed E-state index contributed by atoms with van der Waals surface area (Å²) in [5, 5.41) is 2.64. The van der Waals surface area contributed by atoms with E-state index < -0.39 is 0 Å². The van der Waals surface area contributed by atoms with Gasteiger partial charge in [0.1, 0.15) is 0 Å². The van der Waals surface area contributed by atoms with Crippen LogP contribution in [0.15, 0.2) is 42.5 Å². The monoisotopic (exact) mass is 266 g/mol. The van der Waals surface area contributed by atoms with Crippen LogP contribution in [0.3, 0.4) is 0 Å². The van der Waals surface area contributed by atoms with Crippen LogP contribution in [0.2, 0.25) is 0 Å². The normalized spacial score (nSPS) is 27.2. The largest absolute Gasteiger partial charge is 0.329 e. The van der Waals surface area contributed by atoms with Crippen molar-refractivity contribution in [2.75, 3.05) is 13.1 Å². The lowest BCUT2D eigenvalue weighted by molar-refractivity contribution is 0.153. The second-order valence-electron chi connectivity index (χ2n) is 6.39. The quantitative estimate of drug-likeness (QED) is 0.923. The van der Waals surface area contributed by atoms with Crippen LogP contribution in [-0.4, -0.2) is 24.0 Å². The molecule has 104 valence electrons. The Morgan fingerprint density at radius 3 is 2.65 bits per heavy atom. The molecule has 0 radical (unpaired) electrons. The van der Waals surface area contributed by atoms with Crippen molar-refractivity contribution in [3.8, 4) is 0 Å². The van der Waals surface area contributed by atoms with Crippen LogP contribution >= 0.6 is 0 Å². The highest BCUT2D eigenvalue weighted by atomic mass is 15.2. The maximum atomic E-state index is 6.12. The number of hydrogen-bond acceptors (Lipinski definition) is 2. The molecule has 3 atom stereocenters. The summed E-state index contributed by atoms with van der Waals surface area (Å²) >= 11 is 0. The molecule has 20 heavy (non-hydrogen) atoms. The summed E-state index contributed by atoms with van der Waals surface area (Å²) in [7, 11) is 0. The number of likely N-dealkylation sites (tertiary alicyclic amines) is 1. The molecule has 4 rings (SSSR count). The van der Waals surface area contributed by atoms with Crippen LogP contribution in [-0.2, 0) is 0 Å². The molecule has 0 aromatic heterocycles. The van der Waals surface area contributed by atoms with E-state index in [1.807, 2.05) is 0 Å². The van der Waals surface area contributed by atoms with Gasteiger partial charge in [0.15, 0.2) is 0 Å². The van der Waals surface area contributed by atoms with Gasteiger partial charge >= 0.3 is 0 Å². The van der Waals surface area contributed by atoms with Gasteiger partial charge in [-0.25, -0.2) is 0 Å². The van der Waals surface area contributed by atoms with Crippen molar-refractivity contribution >= 4 is 10.8 Å². The lowest BCUT2D eigenvalue weighted by Crippen LogP contribution is -2.39. The van der Waals surface area contributed by atoms with Crippen molar-refractivity contribution in [1.82, 2.24) is 4.90 Å². The summed E-state index contributed by atoms with van der Waals surface area (Å²) < 4.78 is 0. The Morgan fingerprint density at radius 1 is 1.10 bits per heavy atom. The van der Waals surface area contributed by atoms with Crippen molar-refractivity contribution in [3.63, 3.8) is 0 Å². The lowest BCUT2D eigenvalue weighted by atomic mass is 9.99. The Morgan fingerprint density at radius 2 is 1.95 bits per heavy atom. The average Bonchev–Trinajstić information content (AvgIpc) is 3.11. The molecular weight excluding hydrogens is 244 g/mol. The number of benzene rings is 2. The van der Waals surface area contributed by atoms with Crippen molar-refractivity contribution < 1.29 is 0 Å². The fraction of sp³-hybridized carbons (Fsp3) is 0.444. The number of nitrogens with zero attached hydrogens (tertiary/aromatic N) is 1. The van der Waals surface area contributed by atoms with Gasteiger partial charge in [-0.05, 0) is 47.6 Å². The average molecular weight is 266 g/mol. The van der Waals surface area contributed by atoms with Crippen molar-refractivity contribution in [1.29, 1.82) is 0 Å². The van der Waals surface area contributed by atoms with Gasteiger partial charge in [-0.1, -0.05) is 36.4 Å². The first-order valence-electron chi connectivity index (χ1n) is 7.79. The first-order chi connectivity index (χ1) is 9.85. The van der Waals surface area contributed by atoms with Crippen molar-refractivity contribution in [2.45, 2.75) is 31.3 Å². The summed E-state index contributed by atoms with van der Waals surface area (Å²) in [5.41, 5.74) is 7.51. The molecule has 2 fully saturated rings. The highest BCUT2D eigenvalue weighted by molar-refractivity contribution is 5.83. The highest BCUT2D eigenvalue weighted by Crippen LogP contribution is 2.42. The molecule has 2 aliphatic rings. The van der Waals surface area contributed by atoms with Gasteiger partial charge < -0.3 is 5.73 Å². The third kappa shape index (κ3) is 1.95. The Kier molecular flexibility index (Phi) is 3.01. The molecule has 0 spiro atoms. The van der Waals surface area contributed by atoms with Crippen LogP contribution in [0, 0.1) is 5.92 Å². The summed E-state index contributed by atoms with van der Waals surface area (Å²) in [5.74, 6) is 0.925. The Balaban J connectivity index is 1.68. The molecule has 1 aliphatic carbocycles. The van der Waals surface area contributed by atoms with Gasteiger partial charge in [-0.3, -0.25) is 4.90 Å². The molecule has 2 nitrogen and oxygen atoms in total. The Hall–Kier alpha value is -1.38. The zero-order chi connectivity index (χ0) is 13.5. The third-order valence-corrected chi connectivity index (χ3v) is 5.23. The minimum absolute atomic E-state index is 0.398. The van der Waals surface area contributed by atoms with E-state index in [0.717, 1.165) is 18.5 Å². The molecule has 1 saturated carbocycles. The number of rotatable bonds is 3. The maximum Gasteiger partial charge on any atom is 0.0473 e. The zero-order valence-corrected chi connectivity index (χ0v) is 11.8. The smallest absolute Gasteiger partial charge is 0.0473 e. The van der Waals surface area contributed by atoms with E-state index in [4.69, 9.17) is 5.73 Å². The first-order valence-corrected chi connectivity index (χ1v) is 7.79. The molecule has 2 aromatic rings. The number of nitrogens with two attached hydrogens (primary N) is 1. The number of piperidine rings is 1. The zero-order valence-electron chi connectivity index (χ0n) is 11.8. The van der Waals surface area contributed by atoms with Gasteiger partial charge in [-0.15, -0.1) is 0 Å². The van der Waals surface area contributed by atoms with Gasteiger partial charge in [0.05, 0.1) is 0 Å². The maximum absolute atomic E-state index is 6.12. The molecule has 2 bridgehead atoms. The summed E-state index contributed by atoms with van der Waals surface area (Å²) in [4.78, 5) is 2.66. The fourth-order valence-corrected chi connectivity index (χ4v) is 4.22. The van der Waals surface area contributed by atoms with E-state index in [1.165, 1.54) is 42.1 Å². The third-order valence-electron chi connectivity index (χ3n) is 5.23. The fourth-order valence-electron chi connectivity index (χ4n) is 4.22. The van der Waals surface area contributed by atoms with E-state index in [9.17, 15) is 0 Å². The number of fused-ring (bicyclic) bond motifs is 3. The molecular formula is C18H22N2. The summed E-state index contributed by atoms with van der Waals surface area (Å²) in [6.45, 7) is 1.97. The standard InChI is InChI=1S/C18H22N2/c19-11-18(20-12-13-5-8-17(20)9-13)16-7-6-14-3-1-2-4-15(14)10-16/h1-4,6-7,10,13,17-18H,5,8-9,11-12,19H2. The molecule has 2 heteroatoms. The number of hydrogen-bond donors (Lipinski definition) is 1. The van der Waals surface area contributed by atoms with E-state index in [1.54, 1.807) is 0 Å². The minimum atomic E-state index is 0.398. The van der Waals surface area contributed by atoms with Crippen LogP contribution in [0.5, 0.6) is 0 Å². The second kappa shape index (κ2) is 4.87. The molecule has 3 unspecified atom stereocenters. The van der Waals surface area contributed by atoms with E-state index in [-0.39, 0.29) is 0 Å². The Bertz CT molecular complexity index is 622. The molecule has 2 N–H and O–H groups in total. The van der Waals surface area contributed by atoms with Crippen LogP contribution in [0.1, 0.15) is 30.9 Å². The van der Waals surface area contributed by atoms with Crippen LogP contribution in [0.25, 0.3) is 10.8 Å². The van der Waals surface area contributed by atoms with Crippen molar-refractivity contribution in [2.24, 2.45) is 11.7 Å². The molecule has 1 heterocycles. The van der Waals surface area contributed by atoms with E-state index in [0.29, 0.717) is 6.04 Å². The highest BCUT2D eigenvalue weighted by Gasteiger charge is 2.40. The van der Waals surface area contributed by atoms with Gasteiger partial charge in [0, 0.05) is 25.2 Å². The summed E-state index contributed by atoms with van der Waals surface area (Å²) in [6, 6.07) is 16.6. The second-order valence-corrected chi connectivity index (χ2v) is 6.39. The van der Waals surface area contributed by atoms with Gasteiger partial charge in [0.25, 0.3) is 0 Å². The van der Waals surface area contributed by atoms with Crippen molar-refractivity contribution in [3.05, 3.63) is 48.0 Å². The lowest BCUT2D eigenvalue weighted by Gasteiger charge is -2.34. The van der Waals surface area contributed by atoms with E-state index in [2.05, 4.69) is 47.4 Å². The van der Waals surface area contributed by atoms with Gasteiger partial charge in [0.2, 0.25) is 0 Å². The predicted molar refractivity (Wildman–Crippen MR) is 83.6 cm³/mol. The van der Waals surface area contributed by atoms with E-state index >= 15 is 0 Å². The molecule has 0 amide bonds.